The van der Waals surface area contributed by atoms with E-state index in [1.807, 2.05) is 31.2 Å². The topological polar surface area (TPSA) is 104 Å². The molecule has 0 bridgehead atoms. The second kappa shape index (κ2) is 9.76. The summed E-state index contributed by atoms with van der Waals surface area (Å²) in [6, 6.07) is 14.4. The summed E-state index contributed by atoms with van der Waals surface area (Å²) in [4.78, 5) is 18.5. The lowest BCUT2D eigenvalue weighted by atomic mass is 10.1. The molecule has 168 valence electrons. The average Bonchev–Trinajstić information content (AvgIpc) is 3.40. The number of rotatable bonds is 7. The van der Waals surface area contributed by atoms with Gasteiger partial charge < -0.3 is 19.5 Å². The number of hydrogen-bond donors (Lipinski definition) is 1. The summed E-state index contributed by atoms with van der Waals surface area (Å²) in [6.45, 7) is 6.15. The lowest BCUT2D eigenvalue weighted by Gasteiger charge is -2.14. The molecule has 1 fully saturated rings. The van der Waals surface area contributed by atoms with E-state index in [4.69, 9.17) is 26.1 Å². The highest BCUT2D eigenvalue weighted by Crippen LogP contribution is 2.23. The average molecular weight is 464 g/mol. The second-order valence-corrected chi connectivity index (χ2v) is 8.32. The minimum Gasteiger partial charge on any atom is -0.452 e. The van der Waals surface area contributed by atoms with Crippen LogP contribution < -0.4 is 10.1 Å². The molecule has 33 heavy (non-hydrogen) atoms. The van der Waals surface area contributed by atoms with E-state index in [-0.39, 0.29) is 17.8 Å². The van der Waals surface area contributed by atoms with Gasteiger partial charge in [-0.3, -0.25) is 4.79 Å². The van der Waals surface area contributed by atoms with Crippen LogP contribution in [-0.2, 0) is 11.2 Å². The molecule has 1 aromatic heterocycles. The van der Waals surface area contributed by atoms with E-state index < -0.39 is 5.91 Å². The van der Waals surface area contributed by atoms with Crippen molar-refractivity contribution in [2.75, 3.05) is 6.54 Å². The van der Waals surface area contributed by atoms with Crippen LogP contribution >= 0.6 is 11.6 Å². The third kappa shape index (κ3) is 5.51. The van der Waals surface area contributed by atoms with Gasteiger partial charge in [-0.2, -0.15) is 10.2 Å². The minimum absolute atomic E-state index is 0.0209. The van der Waals surface area contributed by atoms with Gasteiger partial charge in [-0.25, -0.2) is 0 Å². The Morgan fingerprint density at radius 1 is 1.36 bits per heavy atom. The number of likely N-dealkylation sites (tertiary alicyclic amines) is 1. The van der Waals surface area contributed by atoms with Crippen molar-refractivity contribution < 1.29 is 14.1 Å². The van der Waals surface area contributed by atoms with Gasteiger partial charge in [-0.15, -0.1) is 0 Å². The van der Waals surface area contributed by atoms with Gasteiger partial charge in [0.25, 0.3) is 11.8 Å². The Kier molecular flexibility index (Phi) is 6.61. The number of carbonyl (C=O) groups excluding carboxylic acids is 1. The first-order valence-electron chi connectivity index (χ1n) is 10.4. The molecular formula is C24H22ClN5O3. The molecule has 9 heteroatoms. The Hall–Kier alpha value is -3.83. The van der Waals surface area contributed by atoms with E-state index >= 15 is 0 Å². The third-order valence-corrected chi connectivity index (χ3v) is 5.59. The maximum atomic E-state index is 12.4. The van der Waals surface area contributed by atoms with Gasteiger partial charge in [-0.05, 0) is 55.3 Å². The van der Waals surface area contributed by atoms with Crippen molar-refractivity contribution in [3.8, 4) is 23.4 Å². The van der Waals surface area contributed by atoms with Crippen LogP contribution in [0.3, 0.4) is 0 Å². The number of nitrogens with one attached hydrogen (secondary N) is 1. The van der Waals surface area contributed by atoms with Gasteiger partial charge in [0.1, 0.15) is 5.75 Å². The summed E-state index contributed by atoms with van der Waals surface area (Å²) in [5.41, 5.74) is 1.71. The minimum atomic E-state index is -0.404. The first kappa shape index (κ1) is 22.4. The van der Waals surface area contributed by atoms with E-state index in [0.717, 1.165) is 11.1 Å². The monoisotopic (exact) mass is 463 g/mol. The molecule has 1 N–H and O–H groups in total. The van der Waals surface area contributed by atoms with Crippen molar-refractivity contribution in [2.24, 2.45) is 0 Å². The molecule has 4 rings (SSSR count). The van der Waals surface area contributed by atoms with Gasteiger partial charge in [-0.1, -0.05) is 35.5 Å². The molecule has 2 aromatic carbocycles. The highest BCUT2D eigenvalue weighted by Gasteiger charge is 2.30. The molecule has 8 nitrogen and oxygen atoms in total. The smallest absolute Gasteiger partial charge is 0.286 e. The van der Waals surface area contributed by atoms with Crippen molar-refractivity contribution in [3.05, 3.63) is 77.3 Å². The summed E-state index contributed by atoms with van der Waals surface area (Å²) in [6.07, 6.45) is 3.33. The van der Waals surface area contributed by atoms with Gasteiger partial charge >= 0.3 is 0 Å². The zero-order valence-electron chi connectivity index (χ0n) is 18.0. The summed E-state index contributed by atoms with van der Waals surface area (Å²) < 4.78 is 11.0. The van der Waals surface area contributed by atoms with E-state index in [1.165, 1.54) is 0 Å². The number of nitriles is 1. The summed E-state index contributed by atoms with van der Waals surface area (Å²) >= 11 is 6.02. The molecule has 1 aliphatic rings. The lowest BCUT2D eigenvalue weighted by Crippen LogP contribution is -2.38. The molecular weight excluding hydrogens is 442 g/mol. The Bertz CT molecular complexity index is 1200. The number of halogens is 1. The largest absolute Gasteiger partial charge is 0.452 e. The number of carbonyl (C=O) groups is 1. The third-order valence-electron chi connectivity index (χ3n) is 5.35. The van der Waals surface area contributed by atoms with Crippen LogP contribution in [0.2, 0.25) is 5.02 Å². The fourth-order valence-electron chi connectivity index (χ4n) is 3.67. The summed E-state index contributed by atoms with van der Waals surface area (Å²) in [7, 11) is 0. The van der Waals surface area contributed by atoms with E-state index in [0.29, 0.717) is 41.9 Å². The zero-order valence-corrected chi connectivity index (χ0v) is 18.7. The van der Waals surface area contributed by atoms with Crippen molar-refractivity contribution in [3.63, 3.8) is 0 Å². The number of hydrogen-bond acceptors (Lipinski definition) is 7. The van der Waals surface area contributed by atoms with Crippen LogP contribution in [0.15, 0.2) is 65.4 Å². The second-order valence-electron chi connectivity index (χ2n) is 7.88. The normalized spacial score (nSPS) is 17.4. The molecule has 2 heterocycles. The summed E-state index contributed by atoms with van der Waals surface area (Å²) in [5.74, 6) is 0.962. The van der Waals surface area contributed by atoms with Crippen molar-refractivity contribution in [2.45, 2.75) is 31.8 Å². The van der Waals surface area contributed by atoms with Crippen LogP contribution in [0.4, 0.5) is 0 Å². The van der Waals surface area contributed by atoms with E-state index in [9.17, 15) is 4.79 Å². The molecule has 0 aliphatic carbocycles. The fourth-order valence-corrected chi connectivity index (χ4v) is 3.88. The molecule has 0 radical (unpaired) electrons. The van der Waals surface area contributed by atoms with Crippen LogP contribution in [0.25, 0.3) is 11.5 Å². The van der Waals surface area contributed by atoms with Crippen LogP contribution in [-0.4, -0.2) is 39.6 Å². The standard InChI is InChI=1S/C24H22ClN5O3/c1-15-10-20(13-30(15)14-26)27-23(31)16(2)32-21-8-6-18(7-9-21)24-28-22(29-33-24)12-17-4-3-5-19(25)11-17/h3-9,11,15,20H,2,10,12-13H2,1H3,(H,27,31)/t15-,20-/m1/s1. The number of aromatic nitrogens is 2. The molecule has 0 spiro atoms. The molecule has 0 unspecified atom stereocenters. The predicted octanol–water partition coefficient (Wildman–Crippen LogP) is 3.93. The Labute approximate surface area is 196 Å². The van der Waals surface area contributed by atoms with Crippen LogP contribution in [0.5, 0.6) is 5.75 Å². The first-order chi connectivity index (χ1) is 15.9. The number of benzene rings is 2. The van der Waals surface area contributed by atoms with E-state index in [1.54, 1.807) is 29.2 Å². The fraction of sp³-hybridized carbons (Fsp3) is 0.250. The first-order valence-corrected chi connectivity index (χ1v) is 10.8. The quantitative estimate of drug-likeness (QED) is 0.321. The van der Waals surface area contributed by atoms with Crippen molar-refractivity contribution in [1.82, 2.24) is 20.4 Å². The molecule has 1 amide bonds. The van der Waals surface area contributed by atoms with E-state index in [2.05, 4.69) is 28.2 Å². The predicted molar refractivity (Wildman–Crippen MR) is 122 cm³/mol. The Morgan fingerprint density at radius 3 is 2.85 bits per heavy atom. The maximum absolute atomic E-state index is 12.4. The Morgan fingerprint density at radius 2 is 2.15 bits per heavy atom. The van der Waals surface area contributed by atoms with Gasteiger partial charge in [0, 0.05) is 35.6 Å². The number of amides is 1. The lowest BCUT2D eigenvalue weighted by molar-refractivity contribution is -0.120. The van der Waals surface area contributed by atoms with Crippen molar-refractivity contribution in [1.29, 1.82) is 5.26 Å². The van der Waals surface area contributed by atoms with Gasteiger partial charge in [0.15, 0.2) is 17.8 Å². The highest BCUT2D eigenvalue weighted by atomic mass is 35.5. The molecule has 0 saturated carbocycles. The molecule has 1 saturated heterocycles. The zero-order chi connectivity index (χ0) is 23.4. The SMILES string of the molecule is C=C(Oc1ccc(-c2nc(Cc3cccc(Cl)c3)no2)cc1)C(=O)N[C@@H]1C[C@@H](C)N(C#N)C1. The highest BCUT2D eigenvalue weighted by molar-refractivity contribution is 6.30. The van der Waals surface area contributed by atoms with Gasteiger partial charge in [0.05, 0.1) is 0 Å². The number of nitrogens with zero attached hydrogens (tertiary/aromatic N) is 4. The Balaban J connectivity index is 1.33. The summed E-state index contributed by atoms with van der Waals surface area (Å²) in [5, 5.41) is 16.6. The van der Waals surface area contributed by atoms with Gasteiger partial charge in [0.2, 0.25) is 0 Å². The molecule has 2 atom stereocenters. The molecule has 3 aromatic rings. The number of ether oxygens (including phenoxy) is 1. The van der Waals surface area contributed by atoms with Crippen LogP contribution in [0.1, 0.15) is 24.7 Å². The van der Waals surface area contributed by atoms with Crippen molar-refractivity contribution >= 4 is 17.5 Å². The maximum Gasteiger partial charge on any atom is 0.286 e. The van der Waals surface area contributed by atoms with Crippen LogP contribution in [0, 0.1) is 11.5 Å². The molecule has 1 aliphatic heterocycles.